The van der Waals surface area contributed by atoms with Gasteiger partial charge in [-0.25, -0.2) is 13.1 Å². The number of nitrogens with zero attached hydrogens (tertiary/aromatic N) is 5. The van der Waals surface area contributed by atoms with E-state index in [0.29, 0.717) is 49.8 Å². The highest BCUT2D eigenvalue weighted by molar-refractivity contribution is 7.89. The number of likely N-dealkylation sites (tertiary alicyclic amines) is 1. The van der Waals surface area contributed by atoms with E-state index in [9.17, 15) is 13.2 Å². The molecular formula is C18H26N6O4S. The Balaban J connectivity index is 1.60. The summed E-state index contributed by atoms with van der Waals surface area (Å²) < 4.78 is 34.2. The lowest BCUT2D eigenvalue weighted by atomic mass is 9.80. The van der Waals surface area contributed by atoms with Gasteiger partial charge in [0.05, 0.1) is 22.9 Å². The number of hydrogen-bond acceptors (Lipinski definition) is 7. The fourth-order valence-electron chi connectivity index (χ4n) is 4.61. The molecule has 0 bridgehead atoms. The highest BCUT2D eigenvalue weighted by atomic mass is 32.2. The Morgan fingerprint density at radius 1 is 1.41 bits per heavy atom. The van der Waals surface area contributed by atoms with E-state index in [1.807, 2.05) is 6.92 Å². The van der Waals surface area contributed by atoms with E-state index in [0.717, 1.165) is 0 Å². The van der Waals surface area contributed by atoms with Gasteiger partial charge in [0.1, 0.15) is 0 Å². The summed E-state index contributed by atoms with van der Waals surface area (Å²) in [5.74, 6) is 1.00. The molecule has 3 unspecified atom stereocenters. The van der Waals surface area contributed by atoms with Crippen molar-refractivity contribution in [3.63, 3.8) is 0 Å². The molecule has 3 heterocycles. The van der Waals surface area contributed by atoms with Gasteiger partial charge in [-0.3, -0.25) is 9.48 Å². The molecular weight excluding hydrogens is 396 g/mol. The molecule has 1 aliphatic heterocycles. The van der Waals surface area contributed by atoms with Crippen LogP contribution in [-0.4, -0.2) is 64.0 Å². The number of hydrogen-bond donors (Lipinski definition) is 1. The van der Waals surface area contributed by atoms with Gasteiger partial charge in [-0.2, -0.15) is 10.1 Å². The number of amides is 1. The molecule has 2 aliphatic rings. The summed E-state index contributed by atoms with van der Waals surface area (Å²) in [6.07, 6.45) is 4.48. The molecule has 1 N–H and O–H groups in total. The van der Waals surface area contributed by atoms with Gasteiger partial charge in [0.25, 0.3) is 5.91 Å². The number of carbonyl (C=O) groups excluding carboxylic acids is 1. The van der Waals surface area contributed by atoms with Crippen molar-refractivity contribution in [2.45, 2.75) is 51.6 Å². The van der Waals surface area contributed by atoms with Gasteiger partial charge in [-0.15, -0.1) is 0 Å². The molecule has 11 heteroatoms. The molecule has 2 aromatic heterocycles. The molecule has 29 heavy (non-hydrogen) atoms. The topological polar surface area (TPSA) is 123 Å². The number of fused-ring (bicyclic) bond motifs is 1. The van der Waals surface area contributed by atoms with Gasteiger partial charge in [0.2, 0.25) is 15.9 Å². The Morgan fingerprint density at radius 3 is 2.83 bits per heavy atom. The summed E-state index contributed by atoms with van der Waals surface area (Å²) >= 11 is 0. The summed E-state index contributed by atoms with van der Waals surface area (Å²) in [5, 5.41) is 8.12. The lowest BCUT2D eigenvalue weighted by Crippen LogP contribution is -2.39. The molecule has 10 nitrogen and oxygen atoms in total. The molecule has 2 aromatic rings. The third-order valence-electron chi connectivity index (χ3n) is 6.05. The van der Waals surface area contributed by atoms with Crippen LogP contribution in [-0.2, 0) is 22.0 Å². The maximum atomic E-state index is 13.0. The smallest absolute Gasteiger partial charge is 0.257 e. The van der Waals surface area contributed by atoms with Crippen LogP contribution in [0.25, 0.3) is 0 Å². The Kier molecular flexibility index (Phi) is 4.97. The van der Waals surface area contributed by atoms with Gasteiger partial charge in [0, 0.05) is 31.9 Å². The fraction of sp³-hybridized carbons (Fsp3) is 0.667. The van der Waals surface area contributed by atoms with Crippen LogP contribution >= 0.6 is 0 Å². The zero-order valence-electron chi connectivity index (χ0n) is 16.8. The number of nitrogens with one attached hydrogen (secondary N) is 1. The molecule has 0 radical (unpaired) electrons. The molecule has 2 fully saturated rings. The van der Waals surface area contributed by atoms with Crippen LogP contribution < -0.4 is 4.72 Å². The van der Waals surface area contributed by atoms with E-state index in [4.69, 9.17) is 4.52 Å². The molecule has 1 aliphatic carbocycles. The van der Waals surface area contributed by atoms with Crippen LogP contribution in [0.1, 0.15) is 48.8 Å². The highest BCUT2D eigenvalue weighted by Crippen LogP contribution is 2.50. The first-order valence-electron chi connectivity index (χ1n) is 9.89. The number of aromatic nitrogens is 4. The molecule has 0 spiro atoms. The van der Waals surface area contributed by atoms with Gasteiger partial charge in [-0.05, 0) is 39.5 Å². The number of aryl methyl sites for hydroxylation is 2. The van der Waals surface area contributed by atoms with Crippen LogP contribution in [0.15, 0.2) is 16.9 Å². The highest BCUT2D eigenvalue weighted by Gasteiger charge is 2.58. The predicted octanol–water partition coefficient (Wildman–Crippen LogP) is 0.706. The van der Waals surface area contributed by atoms with E-state index in [-0.39, 0.29) is 23.6 Å². The SMILES string of the molecule is CCn1cc(C(=O)N2CC3CC(NS(=O)(=O)CC)CC3(c3nc(C)no3)C2)cn1. The van der Waals surface area contributed by atoms with Crippen molar-refractivity contribution >= 4 is 15.9 Å². The lowest BCUT2D eigenvalue weighted by molar-refractivity contribution is 0.0773. The first-order chi connectivity index (χ1) is 13.8. The van der Waals surface area contributed by atoms with Crippen LogP contribution in [0.2, 0.25) is 0 Å². The van der Waals surface area contributed by atoms with E-state index in [1.165, 1.54) is 0 Å². The van der Waals surface area contributed by atoms with Crippen molar-refractivity contribution in [3.05, 3.63) is 29.7 Å². The van der Waals surface area contributed by atoms with E-state index in [1.54, 1.807) is 35.8 Å². The third-order valence-corrected chi connectivity index (χ3v) is 7.50. The average Bonchev–Trinajstić information content (AvgIpc) is 3.43. The number of rotatable bonds is 6. The molecule has 158 valence electrons. The summed E-state index contributed by atoms with van der Waals surface area (Å²) in [4.78, 5) is 19.3. The predicted molar refractivity (Wildman–Crippen MR) is 104 cm³/mol. The van der Waals surface area contributed by atoms with Crippen LogP contribution in [0.3, 0.4) is 0 Å². The van der Waals surface area contributed by atoms with Crippen LogP contribution in [0, 0.1) is 12.8 Å². The zero-order valence-corrected chi connectivity index (χ0v) is 17.6. The van der Waals surface area contributed by atoms with Gasteiger partial charge in [0.15, 0.2) is 5.82 Å². The second-order valence-electron chi connectivity index (χ2n) is 7.93. The van der Waals surface area contributed by atoms with Crippen LogP contribution in [0.4, 0.5) is 0 Å². The molecule has 3 atom stereocenters. The minimum absolute atomic E-state index is 0.0346. The van der Waals surface area contributed by atoms with Crippen molar-refractivity contribution in [1.82, 2.24) is 29.5 Å². The quantitative estimate of drug-likeness (QED) is 0.727. The minimum Gasteiger partial charge on any atom is -0.339 e. The monoisotopic (exact) mass is 422 g/mol. The van der Waals surface area contributed by atoms with Crippen LogP contribution in [0.5, 0.6) is 0 Å². The van der Waals surface area contributed by atoms with Crippen molar-refractivity contribution in [2.75, 3.05) is 18.8 Å². The Labute approximate surface area is 169 Å². The maximum absolute atomic E-state index is 13.0. The Bertz CT molecular complexity index is 1020. The second-order valence-corrected chi connectivity index (χ2v) is 9.97. The van der Waals surface area contributed by atoms with E-state index >= 15 is 0 Å². The molecule has 4 rings (SSSR count). The standard InChI is InChI=1S/C18H26N6O4S/c1-4-24-9-13(8-19-24)16(25)23-10-14-6-15(22-29(26,27)5-2)7-18(14,11-23)17-20-12(3)21-28-17/h8-9,14-15,22H,4-7,10-11H2,1-3H3. The fourth-order valence-corrected chi connectivity index (χ4v) is 5.47. The maximum Gasteiger partial charge on any atom is 0.257 e. The first-order valence-corrected chi connectivity index (χ1v) is 11.5. The summed E-state index contributed by atoms with van der Waals surface area (Å²) in [6.45, 7) is 6.96. The number of carbonyl (C=O) groups is 1. The lowest BCUT2D eigenvalue weighted by Gasteiger charge is -2.25. The number of sulfonamides is 1. The van der Waals surface area contributed by atoms with Crippen molar-refractivity contribution in [1.29, 1.82) is 0 Å². The molecule has 0 aromatic carbocycles. The Hall–Kier alpha value is -2.27. The molecule has 1 saturated carbocycles. The molecule has 1 saturated heterocycles. The summed E-state index contributed by atoms with van der Waals surface area (Å²) in [5.41, 5.74) is 0.00502. The van der Waals surface area contributed by atoms with Gasteiger partial charge < -0.3 is 9.42 Å². The van der Waals surface area contributed by atoms with Crippen molar-refractivity contribution < 1.29 is 17.7 Å². The Morgan fingerprint density at radius 2 is 2.21 bits per heavy atom. The van der Waals surface area contributed by atoms with Gasteiger partial charge >= 0.3 is 0 Å². The van der Waals surface area contributed by atoms with E-state index < -0.39 is 15.4 Å². The molecule has 1 amide bonds. The third kappa shape index (κ3) is 3.57. The first kappa shape index (κ1) is 20.0. The normalized spacial score (nSPS) is 26.8. The van der Waals surface area contributed by atoms with Crippen molar-refractivity contribution in [2.24, 2.45) is 5.92 Å². The average molecular weight is 423 g/mol. The second kappa shape index (κ2) is 7.21. The summed E-state index contributed by atoms with van der Waals surface area (Å²) in [7, 11) is -3.32. The summed E-state index contributed by atoms with van der Waals surface area (Å²) in [6, 6.07) is -0.211. The van der Waals surface area contributed by atoms with E-state index in [2.05, 4.69) is 20.0 Å². The largest absolute Gasteiger partial charge is 0.339 e. The minimum atomic E-state index is -3.32. The van der Waals surface area contributed by atoms with Gasteiger partial charge in [-0.1, -0.05) is 5.16 Å². The van der Waals surface area contributed by atoms with Crippen molar-refractivity contribution in [3.8, 4) is 0 Å². The zero-order chi connectivity index (χ0) is 20.8.